The van der Waals surface area contributed by atoms with Crippen LogP contribution in [0.5, 0.6) is 11.5 Å². The van der Waals surface area contributed by atoms with Crippen molar-refractivity contribution >= 4 is 17.4 Å². The largest absolute Gasteiger partial charge is 0.493 e. The molecule has 2 aromatic carbocycles. The molecule has 1 unspecified atom stereocenters. The summed E-state index contributed by atoms with van der Waals surface area (Å²) in [6, 6.07) is 13.8. The van der Waals surface area contributed by atoms with Gasteiger partial charge in [-0.15, -0.1) is 0 Å². The molecular weight excluding hydrogens is 414 g/mol. The SMILES string of the molecule is COc1cccc(C2CC(=O)N(c3ccc(C(C)C)cc3)C3=C2C(=O)CC(C)(C)C3)c1OC. The third-order valence-electron chi connectivity index (χ3n) is 6.77. The zero-order chi connectivity index (χ0) is 23.9. The van der Waals surface area contributed by atoms with Crippen molar-refractivity contribution in [2.24, 2.45) is 5.41 Å². The quantitative estimate of drug-likeness (QED) is 0.565. The van der Waals surface area contributed by atoms with Crippen LogP contribution in [0.1, 0.15) is 69.9 Å². The lowest BCUT2D eigenvalue weighted by Crippen LogP contribution is -2.43. The predicted molar refractivity (Wildman–Crippen MR) is 130 cm³/mol. The van der Waals surface area contributed by atoms with Gasteiger partial charge >= 0.3 is 0 Å². The zero-order valence-corrected chi connectivity index (χ0v) is 20.4. The number of benzene rings is 2. The first-order chi connectivity index (χ1) is 15.7. The summed E-state index contributed by atoms with van der Waals surface area (Å²) in [5.41, 5.74) is 4.19. The zero-order valence-electron chi connectivity index (χ0n) is 20.4. The Morgan fingerprint density at radius 2 is 1.67 bits per heavy atom. The van der Waals surface area contributed by atoms with Gasteiger partial charge in [0.25, 0.3) is 0 Å². The molecule has 0 spiro atoms. The maximum Gasteiger partial charge on any atom is 0.232 e. The molecule has 1 amide bonds. The van der Waals surface area contributed by atoms with Crippen LogP contribution in [-0.4, -0.2) is 25.9 Å². The summed E-state index contributed by atoms with van der Waals surface area (Å²) in [6.07, 6.45) is 1.33. The van der Waals surface area contributed by atoms with E-state index >= 15 is 0 Å². The Bertz CT molecular complexity index is 1110. The Morgan fingerprint density at radius 1 is 0.970 bits per heavy atom. The van der Waals surface area contributed by atoms with Gasteiger partial charge in [-0.3, -0.25) is 14.5 Å². The fourth-order valence-electron chi connectivity index (χ4n) is 5.18. The van der Waals surface area contributed by atoms with E-state index in [0.29, 0.717) is 30.3 Å². The van der Waals surface area contributed by atoms with Crippen LogP contribution in [0.15, 0.2) is 53.7 Å². The summed E-state index contributed by atoms with van der Waals surface area (Å²) < 4.78 is 11.2. The number of rotatable bonds is 5. The van der Waals surface area contributed by atoms with Crippen LogP contribution in [0.25, 0.3) is 0 Å². The van der Waals surface area contributed by atoms with E-state index in [9.17, 15) is 9.59 Å². The number of anilines is 1. The topological polar surface area (TPSA) is 55.8 Å². The summed E-state index contributed by atoms with van der Waals surface area (Å²) in [6.45, 7) is 8.48. The van der Waals surface area contributed by atoms with Gasteiger partial charge in [-0.05, 0) is 41.5 Å². The molecule has 0 fully saturated rings. The van der Waals surface area contributed by atoms with Crippen LogP contribution in [0.3, 0.4) is 0 Å². The highest BCUT2D eigenvalue weighted by atomic mass is 16.5. The molecule has 2 aromatic rings. The number of carbonyl (C=O) groups excluding carboxylic acids is 2. The molecule has 5 nitrogen and oxygen atoms in total. The smallest absolute Gasteiger partial charge is 0.232 e. The summed E-state index contributed by atoms with van der Waals surface area (Å²) in [5, 5.41) is 0. The Morgan fingerprint density at radius 3 is 2.27 bits per heavy atom. The van der Waals surface area contributed by atoms with Crippen molar-refractivity contribution in [3.63, 3.8) is 0 Å². The Kier molecular flexibility index (Phi) is 6.08. The maximum atomic E-state index is 13.6. The fraction of sp³-hybridized carbons (Fsp3) is 0.429. The standard InChI is InChI=1S/C28H33NO4/c1-17(2)18-10-12-19(13-11-18)29-22-15-28(3,4)16-23(30)26(22)21(14-25(29)31)20-8-7-9-24(32-5)27(20)33-6/h7-13,17,21H,14-16H2,1-6H3. The predicted octanol–water partition coefficient (Wildman–Crippen LogP) is 5.99. The maximum absolute atomic E-state index is 13.6. The van der Waals surface area contributed by atoms with E-state index in [0.717, 1.165) is 22.5 Å². The number of amides is 1. The summed E-state index contributed by atoms with van der Waals surface area (Å²) in [5.74, 6) is 1.33. The van der Waals surface area contributed by atoms with Gasteiger partial charge in [0, 0.05) is 41.3 Å². The minimum Gasteiger partial charge on any atom is -0.493 e. The van der Waals surface area contributed by atoms with Crippen LogP contribution >= 0.6 is 0 Å². The summed E-state index contributed by atoms with van der Waals surface area (Å²) in [4.78, 5) is 29.0. The molecule has 0 bridgehead atoms. The highest BCUT2D eigenvalue weighted by Crippen LogP contribution is 2.50. The number of para-hydroxylation sites is 1. The average molecular weight is 448 g/mol. The van der Waals surface area contributed by atoms with Gasteiger partial charge in [-0.25, -0.2) is 0 Å². The molecule has 0 N–H and O–H groups in total. The Balaban J connectivity index is 1.89. The van der Waals surface area contributed by atoms with Crippen molar-refractivity contribution in [3.8, 4) is 11.5 Å². The molecule has 4 rings (SSSR count). The van der Waals surface area contributed by atoms with E-state index in [4.69, 9.17) is 9.47 Å². The van der Waals surface area contributed by atoms with Gasteiger partial charge in [0.1, 0.15) is 0 Å². The minimum absolute atomic E-state index is 0.00794. The second kappa shape index (κ2) is 8.69. The number of Topliss-reactive ketones (excluding diaryl/α,β-unsaturated/α-hetero) is 1. The number of nitrogens with zero attached hydrogens (tertiary/aromatic N) is 1. The molecular formula is C28H33NO4. The van der Waals surface area contributed by atoms with Crippen molar-refractivity contribution < 1.29 is 19.1 Å². The number of ketones is 1. The second-order valence-electron chi connectivity index (χ2n) is 10.1. The molecule has 1 atom stereocenters. The first-order valence-electron chi connectivity index (χ1n) is 11.6. The van der Waals surface area contributed by atoms with E-state index in [1.165, 1.54) is 5.56 Å². The number of methoxy groups -OCH3 is 2. The molecule has 2 aliphatic rings. The molecule has 33 heavy (non-hydrogen) atoms. The minimum atomic E-state index is -0.354. The van der Waals surface area contributed by atoms with Gasteiger partial charge in [0.2, 0.25) is 5.91 Å². The van der Waals surface area contributed by atoms with E-state index in [1.807, 2.05) is 30.3 Å². The number of ether oxygens (including phenoxy) is 2. The highest BCUT2D eigenvalue weighted by molar-refractivity contribution is 6.08. The van der Waals surface area contributed by atoms with Crippen molar-refractivity contribution in [1.82, 2.24) is 0 Å². The summed E-state index contributed by atoms with van der Waals surface area (Å²) in [7, 11) is 3.19. The van der Waals surface area contributed by atoms with E-state index in [1.54, 1.807) is 19.1 Å². The van der Waals surface area contributed by atoms with Gasteiger partial charge in [-0.1, -0.05) is 52.0 Å². The molecule has 5 heteroatoms. The second-order valence-corrected chi connectivity index (χ2v) is 10.1. The van der Waals surface area contributed by atoms with Crippen molar-refractivity contribution in [2.75, 3.05) is 19.1 Å². The van der Waals surface area contributed by atoms with E-state index in [-0.39, 0.29) is 29.4 Å². The first kappa shape index (κ1) is 23.1. The van der Waals surface area contributed by atoms with Crippen molar-refractivity contribution in [2.45, 2.75) is 58.8 Å². The molecule has 1 heterocycles. The number of carbonyl (C=O) groups is 2. The first-order valence-corrected chi connectivity index (χ1v) is 11.6. The van der Waals surface area contributed by atoms with Gasteiger partial charge in [-0.2, -0.15) is 0 Å². The molecule has 1 aliphatic heterocycles. The van der Waals surface area contributed by atoms with Crippen LogP contribution in [0.4, 0.5) is 5.69 Å². The third kappa shape index (κ3) is 4.17. The van der Waals surface area contributed by atoms with E-state index < -0.39 is 0 Å². The van der Waals surface area contributed by atoms with Crippen molar-refractivity contribution in [1.29, 1.82) is 0 Å². The van der Waals surface area contributed by atoms with Crippen LogP contribution in [0.2, 0.25) is 0 Å². The van der Waals surface area contributed by atoms with Crippen LogP contribution in [-0.2, 0) is 9.59 Å². The lowest BCUT2D eigenvalue weighted by atomic mass is 9.69. The lowest BCUT2D eigenvalue weighted by molar-refractivity contribution is -0.121. The number of hydrogen-bond acceptors (Lipinski definition) is 4. The van der Waals surface area contributed by atoms with Gasteiger partial charge in [0.05, 0.1) is 14.2 Å². The molecule has 174 valence electrons. The lowest BCUT2D eigenvalue weighted by Gasteiger charge is -2.43. The van der Waals surface area contributed by atoms with Gasteiger partial charge < -0.3 is 9.47 Å². The van der Waals surface area contributed by atoms with Crippen LogP contribution in [0, 0.1) is 5.41 Å². The number of allylic oxidation sites excluding steroid dienone is 2. The average Bonchev–Trinajstić information content (AvgIpc) is 2.77. The monoisotopic (exact) mass is 447 g/mol. The molecule has 0 radical (unpaired) electrons. The van der Waals surface area contributed by atoms with Crippen LogP contribution < -0.4 is 14.4 Å². The molecule has 0 saturated carbocycles. The van der Waals surface area contributed by atoms with Gasteiger partial charge in [0.15, 0.2) is 17.3 Å². The Labute approximate surface area is 196 Å². The van der Waals surface area contributed by atoms with E-state index in [2.05, 4.69) is 39.8 Å². The Hall–Kier alpha value is -3.08. The molecule has 1 aliphatic carbocycles. The highest BCUT2D eigenvalue weighted by Gasteiger charge is 2.45. The fourth-order valence-corrected chi connectivity index (χ4v) is 5.18. The third-order valence-corrected chi connectivity index (χ3v) is 6.77. The van der Waals surface area contributed by atoms with Crippen molar-refractivity contribution in [3.05, 3.63) is 64.9 Å². The number of hydrogen-bond donors (Lipinski definition) is 0. The molecule has 0 aromatic heterocycles. The molecule has 0 saturated heterocycles. The normalized spacial score (nSPS) is 20.2. The summed E-state index contributed by atoms with van der Waals surface area (Å²) >= 11 is 0.